The van der Waals surface area contributed by atoms with Gasteiger partial charge in [-0.05, 0) is 107 Å². The fourth-order valence-electron chi connectivity index (χ4n) is 7.13. The zero-order valence-electron chi connectivity index (χ0n) is 28.9. The molecule has 4 heterocycles. The molecule has 1 unspecified atom stereocenters. The molecule has 2 aromatic heterocycles. The van der Waals surface area contributed by atoms with Gasteiger partial charge in [-0.1, -0.05) is 0 Å². The van der Waals surface area contributed by atoms with Crippen molar-refractivity contribution in [2.24, 2.45) is 0 Å². The Bertz CT molecular complexity index is 2000. The van der Waals surface area contributed by atoms with Crippen molar-refractivity contribution < 1.29 is 14.0 Å². The number of amides is 2. The minimum atomic E-state index is -0.800. The molecule has 2 atom stereocenters. The Balaban J connectivity index is 0.970. The monoisotopic (exact) mass is 675 g/mol. The molecule has 7 rings (SSSR count). The van der Waals surface area contributed by atoms with Gasteiger partial charge in [-0.3, -0.25) is 24.5 Å². The number of carbonyl (C=O) groups excluding carboxylic acids is 2. The van der Waals surface area contributed by atoms with Gasteiger partial charge in [0, 0.05) is 79.0 Å². The molecule has 50 heavy (non-hydrogen) atoms. The van der Waals surface area contributed by atoms with Crippen molar-refractivity contribution in [1.29, 1.82) is 0 Å². The summed E-state index contributed by atoms with van der Waals surface area (Å²) in [5.74, 6) is 0.354. The number of hydrogen-bond acceptors (Lipinski definition) is 8. The molecule has 0 spiro atoms. The maximum atomic E-state index is 14.0. The molecule has 0 bridgehead atoms. The van der Waals surface area contributed by atoms with E-state index in [1.54, 1.807) is 12.1 Å². The second kappa shape index (κ2) is 13.6. The molecule has 3 aromatic carbocycles. The molecule has 12 heteroatoms. The van der Waals surface area contributed by atoms with Gasteiger partial charge in [-0.15, -0.1) is 0 Å². The third-order valence-electron chi connectivity index (χ3n) is 10.1. The molecule has 2 amide bonds. The highest BCUT2D eigenvalue weighted by atomic mass is 19.1. The van der Waals surface area contributed by atoms with Crippen LogP contribution in [0.5, 0.6) is 0 Å². The minimum absolute atomic E-state index is 0.0403. The van der Waals surface area contributed by atoms with E-state index in [2.05, 4.69) is 54.3 Å². The summed E-state index contributed by atoms with van der Waals surface area (Å²) in [7, 11) is 3.83. The van der Waals surface area contributed by atoms with Crippen LogP contribution in [0.25, 0.3) is 33.5 Å². The van der Waals surface area contributed by atoms with Crippen LogP contribution in [0.4, 0.5) is 15.8 Å². The first-order chi connectivity index (χ1) is 24.1. The topological polar surface area (TPSA) is 114 Å². The second-order valence-corrected chi connectivity index (χ2v) is 13.7. The molecule has 258 valence electrons. The minimum Gasteiger partial charge on any atom is -0.368 e. The molecule has 2 fully saturated rings. The van der Waals surface area contributed by atoms with E-state index in [1.165, 1.54) is 12.1 Å². The average molecular weight is 676 g/mol. The van der Waals surface area contributed by atoms with Gasteiger partial charge in [0.25, 0.3) is 0 Å². The number of nitrogens with one attached hydrogen (secondary N) is 2. The number of likely N-dealkylation sites (tertiary alicyclic amines) is 1. The van der Waals surface area contributed by atoms with Crippen LogP contribution in [-0.4, -0.2) is 112 Å². The summed E-state index contributed by atoms with van der Waals surface area (Å²) >= 11 is 0. The number of nitrogens with zero attached hydrogens (tertiary/aromatic N) is 7. The highest BCUT2D eigenvalue weighted by Gasteiger charge is 2.47. The van der Waals surface area contributed by atoms with E-state index < -0.39 is 5.54 Å². The van der Waals surface area contributed by atoms with Gasteiger partial charge in [0.2, 0.25) is 11.8 Å². The average Bonchev–Trinajstić information content (AvgIpc) is 3.74. The molecule has 0 saturated carbocycles. The van der Waals surface area contributed by atoms with E-state index in [0.717, 1.165) is 46.4 Å². The SMILES string of the molecule is Cc1cnc(-c2ccc(N3CCN(C(=O)CN4CCC(C(=O)Nc5ccc6[nH]nc(-c7ccc(F)cc7)c6c5)(N(C)C)C4)[C@H](C)C3)cc2)nc1. The van der Waals surface area contributed by atoms with Crippen molar-refractivity contribution in [2.75, 3.05) is 63.6 Å². The summed E-state index contributed by atoms with van der Waals surface area (Å²) in [6, 6.07) is 20.1. The number of aromatic nitrogens is 4. The third-order valence-corrected chi connectivity index (χ3v) is 10.1. The fraction of sp³-hybridized carbons (Fsp3) is 0.342. The first-order valence-electron chi connectivity index (χ1n) is 17.0. The molecule has 11 nitrogen and oxygen atoms in total. The molecule has 5 aromatic rings. The molecule has 2 aliphatic heterocycles. The van der Waals surface area contributed by atoms with E-state index in [9.17, 15) is 14.0 Å². The lowest BCUT2D eigenvalue weighted by Gasteiger charge is -2.41. The van der Waals surface area contributed by atoms with Gasteiger partial charge in [0.05, 0.1) is 17.8 Å². The molecule has 0 radical (unpaired) electrons. The lowest BCUT2D eigenvalue weighted by atomic mass is 9.95. The van der Waals surface area contributed by atoms with Crippen molar-refractivity contribution >= 4 is 34.1 Å². The number of rotatable bonds is 8. The number of halogens is 1. The van der Waals surface area contributed by atoms with Gasteiger partial charge < -0.3 is 15.1 Å². The Kier molecular flexibility index (Phi) is 9.06. The molecule has 0 aliphatic carbocycles. The summed E-state index contributed by atoms with van der Waals surface area (Å²) in [5.41, 5.74) is 5.23. The number of benzene rings is 3. The van der Waals surface area contributed by atoms with Crippen LogP contribution in [0.2, 0.25) is 0 Å². The lowest BCUT2D eigenvalue weighted by molar-refractivity contribution is -0.135. The van der Waals surface area contributed by atoms with Crippen molar-refractivity contribution in [1.82, 2.24) is 34.9 Å². The Morgan fingerprint density at radius 3 is 2.40 bits per heavy atom. The van der Waals surface area contributed by atoms with Crippen LogP contribution in [0.3, 0.4) is 0 Å². The normalized spacial score (nSPS) is 19.8. The van der Waals surface area contributed by atoms with Gasteiger partial charge in [0.1, 0.15) is 11.4 Å². The number of carbonyl (C=O) groups is 2. The quantitative estimate of drug-likeness (QED) is 0.241. The molecule has 2 saturated heterocycles. The number of aryl methyl sites for hydroxylation is 1. The van der Waals surface area contributed by atoms with Crippen LogP contribution in [0.15, 0.2) is 79.1 Å². The summed E-state index contributed by atoms with van der Waals surface area (Å²) in [6.07, 6.45) is 4.24. The highest BCUT2D eigenvalue weighted by molar-refractivity contribution is 6.02. The number of fused-ring (bicyclic) bond motifs is 1. The Morgan fingerprint density at radius 1 is 0.980 bits per heavy atom. The third kappa shape index (κ3) is 6.56. The van der Waals surface area contributed by atoms with Crippen molar-refractivity contribution in [3.63, 3.8) is 0 Å². The van der Waals surface area contributed by atoms with Crippen LogP contribution in [-0.2, 0) is 9.59 Å². The zero-order chi connectivity index (χ0) is 35.0. The van der Waals surface area contributed by atoms with Crippen LogP contribution < -0.4 is 10.2 Å². The van der Waals surface area contributed by atoms with E-state index in [0.29, 0.717) is 43.3 Å². The summed E-state index contributed by atoms with van der Waals surface area (Å²) < 4.78 is 13.5. The van der Waals surface area contributed by atoms with Crippen LogP contribution in [0, 0.1) is 12.7 Å². The van der Waals surface area contributed by atoms with Crippen LogP contribution in [0.1, 0.15) is 18.9 Å². The Labute approximate surface area is 291 Å². The first-order valence-corrected chi connectivity index (χ1v) is 17.0. The number of anilines is 2. The maximum absolute atomic E-state index is 14.0. The number of aromatic amines is 1. The lowest BCUT2D eigenvalue weighted by Crippen LogP contribution is -2.57. The predicted octanol–water partition coefficient (Wildman–Crippen LogP) is 4.82. The number of hydrogen-bond donors (Lipinski definition) is 2. The van der Waals surface area contributed by atoms with Gasteiger partial charge in [-0.25, -0.2) is 14.4 Å². The highest BCUT2D eigenvalue weighted by Crippen LogP contribution is 2.32. The molecular formula is C38H42FN9O2. The van der Waals surface area contributed by atoms with Gasteiger partial charge in [0.15, 0.2) is 5.82 Å². The van der Waals surface area contributed by atoms with E-state index in [-0.39, 0.29) is 30.2 Å². The maximum Gasteiger partial charge on any atom is 0.246 e. The van der Waals surface area contributed by atoms with E-state index in [4.69, 9.17) is 0 Å². The second-order valence-electron chi connectivity index (χ2n) is 13.7. The van der Waals surface area contributed by atoms with E-state index in [1.807, 2.05) is 73.5 Å². The van der Waals surface area contributed by atoms with Crippen molar-refractivity contribution in [2.45, 2.75) is 31.8 Å². The summed E-state index contributed by atoms with van der Waals surface area (Å²) in [4.78, 5) is 44.8. The molecule has 2 N–H and O–H groups in total. The molecular weight excluding hydrogens is 633 g/mol. The first kappa shape index (κ1) is 33.3. The largest absolute Gasteiger partial charge is 0.368 e. The number of H-pyrrole nitrogens is 1. The summed E-state index contributed by atoms with van der Waals surface area (Å²) in [6.45, 7) is 7.52. The summed E-state index contributed by atoms with van der Waals surface area (Å²) in [5, 5.41) is 11.4. The fourth-order valence-corrected chi connectivity index (χ4v) is 7.13. The van der Waals surface area contributed by atoms with Gasteiger partial charge >= 0.3 is 0 Å². The Hall–Kier alpha value is -5.20. The Morgan fingerprint density at radius 2 is 1.70 bits per heavy atom. The van der Waals surface area contributed by atoms with Crippen molar-refractivity contribution in [3.05, 3.63) is 90.5 Å². The number of likely N-dealkylation sites (N-methyl/N-ethyl adjacent to an activating group) is 1. The van der Waals surface area contributed by atoms with Crippen molar-refractivity contribution in [3.8, 4) is 22.6 Å². The van der Waals surface area contributed by atoms with Gasteiger partial charge in [-0.2, -0.15) is 5.10 Å². The smallest absolute Gasteiger partial charge is 0.246 e. The van der Waals surface area contributed by atoms with E-state index >= 15 is 0 Å². The van der Waals surface area contributed by atoms with Crippen LogP contribution >= 0.6 is 0 Å². The molecule has 2 aliphatic rings. The predicted molar refractivity (Wildman–Crippen MR) is 193 cm³/mol. The zero-order valence-corrected chi connectivity index (χ0v) is 28.9. The number of piperazine rings is 1. The standard InChI is InChI=1S/C38H42FN9O2/c1-25-20-40-36(41-21-25)28-7-12-31(13-8-28)47-17-18-48(26(2)22-47)34(49)23-46-16-15-38(24-46,45(3)4)37(50)42-30-11-14-33-32(19-30)35(44-43-33)27-5-9-29(39)10-6-27/h5-14,19-21,26H,15-18,22-24H2,1-4H3,(H,42,50)(H,43,44)/t26-,38?/m1/s1.